The zero-order valence-corrected chi connectivity index (χ0v) is 6.50. The quantitative estimate of drug-likeness (QED) is 0.510. The Bertz CT molecular complexity index is 141. The molecule has 0 aliphatic carbocycles. The van der Waals surface area contributed by atoms with Crippen LogP contribution in [-0.2, 0) is 10.2 Å². The largest absolute Gasteiger partial charge is 0.302 e. The molecular formula is C3H6BrFO2S. The lowest BCUT2D eigenvalue weighted by molar-refractivity contribution is 0.551. The van der Waals surface area contributed by atoms with E-state index in [-0.39, 0.29) is 5.75 Å². The van der Waals surface area contributed by atoms with E-state index in [1.807, 2.05) is 0 Å². The zero-order chi connectivity index (χ0) is 6.62. The maximum absolute atomic E-state index is 11.5. The SMILES string of the molecule is O=S(=O)(F)CCCBr. The van der Waals surface area contributed by atoms with Gasteiger partial charge in [-0.2, -0.15) is 8.42 Å². The van der Waals surface area contributed by atoms with E-state index in [2.05, 4.69) is 15.9 Å². The Morgan fingerprint density at radius 1 is 1.50 bits per heavy atom. The first-order valence-electron chi connectivity index (χ1n) is 2.04. The second kappa shape index (κ2) is 3.40. The lowest BCUT2D eigenvalue weighted by Crippen LogP contribution is -1.97. The maximum Gasteiger partial charge on any atom is 0.302 e. The molecule has 0 aromatic rings. The molecule has 8 heavy (non-hydrogen) atoms. The molecule has 0 radical (unpaired) electrons. The van der Waals surface area contributed by atoms with Crippen molar-refractivity contribution >= 4 is 26.2 Å². The molecule has 2 nitrogen and oxygen atoms in total. The Morgan fingerprint density at radius 2 is 2.00 bits per heavy atom. The summed E-state index contributed by atoms with van der Waals surface area (Å²) in [5.74, 6) is -0.377. The van der Waals surface area contributed by atoms with Gasteiger partial charge < -0.3 is 0 Å². The van der Waals surface area contributed by atoms with Gasteiger partial charge >= 0.3 is 10.2 Å². The highest BCUT2D eigenvalue weighted by atomic mass is 79.9. The van der Waals surface area contributed by atoms with E-state index in [1.165, 1.54) is 0 Å². The van der Waals surface area contributed by atoms with E-state index in [1.54, 1.807) is 0 Å². The number of halogens is 2. The van der Waals surface area contributed by atoms with Crippen molar-refractivity contribution in [3.8, 4) is 0 Å². The van der Waals surface area contributed by atoms with Crippen LogP contribution in [0.25, 0.3) is 0 Å². The molecule has 0 aliphatic heterocycles. The Morgan fingerprint density at radius 3 is 2.12 bits per heavy atom. The molecule has 0 aromatic heterocycles. The molecule has 0 rings (SSSR count). The van der Waals surface area contributed by atoms with Gasteiger partial charge in [0.15, 0.2) is 0 Å². The van der Waals surface area contributed by atoms with Gasteiger partial charge in [0.2, 0.25) is 0 Å². The van der Waals surface area contributed by atoms with Crippen molar-refractivity contribution in [2.24, 2.45) is 0 Å². The zero-order valence-electron chi connectivity index (χ0n) is 4.10. The minimum absolute atomic E-state index is 0.332. The highest BCUT2D eigenvalue weighted by Gasteiger charge is 2.03. The first kappa shape index (κ1) is 8.36. The molecule has 0 saturated heterocycles. The van der Waals surface area contributed by atoms with Gasteiger partial charge in [0, 0.05) is 5.33 Å². The molecule has 0 aromatic carbocycles. The van der Waals surface area contributed by atoms with Gasteiger partial charge in [0.05, 0.1) is 5.75 Å². The van der Waals surface area contributed by atoms with Crippen LogP contribution in [0.3, 0.4) is 0 Å². The van der Waals surface area contributed by atoms with E-state index in [9.17, 15) is 12.3 Å². The summed E-state index contributed by atoms with van der Waals surface area (Å²) < 4.78 is 30.9. The van der Waals surface area contributed by atoms with Crippen LogP contribution in [0.2, 0.25) is 0 Å². The predicted molar refractivity (Wildman–Crippen MR) is 33.3 cm³/mol. The minimum atomic E-state index is -4.22. The molecule has 50 valence electrons. The number of hydrogen-bond acceptors (Lipinski definition) is 2. The molecule has 0 unspecified atom stereocenters. The summed E-state index contributed by atoms with van der Waals surface area (Å²) in [6.07, 6.45) is 0.332. The molecule has 0 fully saturated rings. The van der Waals surface area contributed by atoms with Crippen molar-refractivity contribution in [3.63, 3.8) is 0 Å². The third kappa shape index (κ3) is 6.36. The molecule has 0 heterocycles. The maximum atomic E-state index is 11.5. The third-order valence-corrected chi connectivity index (χ3v) is 1.86. The van der Waals surface area contributed by atoms with E-state index < -0.39 is 10.2 Å². The van der Waals surface area contributed by atoms with Gasteiger partial charge in [0.25, 0.3) is 0 Å². The Kier molecular flexibility index (Phi) is 3.55. The molecule has 0 N–H and O–H groups in total. The van der Waals surface area contributed by atoms with Gasteiger partial charge in [-0.15, -0.1) is 3.89 Å². The van der Waals surface area contributed by atoms with Crippen molar-refractivity contribution in [2.45, 2.75) is 6.42 Å². The molecule has 0 spiro atoms. The molecule has 0 amide bonds. The summed E-state index contributed by atoms with van der Waals surface area (Å²) in [5.41, 5.74) is 0. The van der Waals surface area contributed by atoms with Crippen LogP contribution in [0.4, 0.5) is 3.89 Å². The first-order chi connectivity index (χ1) is 3.56. The van der Waals surface area contributed by atoms with Gasteiger partial charge in [-0.05, 0) is 6.42 Å². The Labute approximate surface area is 56.4 Å². The number of rotatable bonds is 3. The average molecular weight is 205 g/mol. The lowest BCUT2D eigenvalue weighted by Gasteiger charge is -1.86. The standard InChI is InChI=1S/C3H6BrFO2S/c4-2-1-3-8(5,6)7/h1-3H2. The Hall–Kier alpha value is 0.360. The smallest absolute Gasteiger partial charge is 0.195 e. The second-order valence-corrected chi connectivity index (χ2v) is 3.56. The molecular weight excluding hydrogens is 199 g/mol. The van der Waals surface area contributed by atoms with E-state index in [0.29, 0.717) is 11.8 Å². The highest BCUT2D eigenvalue weighted by Crippen LogP contribution is 1.95. The predicted octanol–water partition coefficient (Wildman–Crippen LogP) is 1.07. The van der Waals surface area contributed by atoms with Crippen LogP contribution >= 0.6 is 15.9 Å². The first-order valence-corrected chi connectivity index (χ1v) is 4.72. The van der Waals surface area contributed by atoms with E-state index in [0.717, 1.165) is 0 Å². The summed E-state index contributed by atoms with van der Waals surface area (Å²) in [5, 5.41) is 0.524. The third-order valence-electron chi connectivity index (χ3n) is 0.522. The van der Waals surface area contributed by atoms with Crippen LogP contribution in [0.15, 0.2) is 0 Å². The summed E-state index contributed by atoms with van der Waals surface area (Å²) in [7, 11) is -4.22. The molecule has 0 saturated carbocycles. The normalized spacial score (nSPS) is 11.8. The van der Waals surface area contributed by atoms with Gasteiger partial charge in [-0.25, -0.2) is 0 Å². The molecule has 0 bridgehead atoms. The van der Waals surface area contributed by atoms with E-state index in [4.69, 9.17) is 0 Å². The van der Waals surface area contributed by atoms with Crippen molar-refractivity contribution in [2.75, 3.05) is 11.1 Å². The molecule has 0 aliphatic rings. The average Bonchev–Trinajstić information content (AvgIpc) is 1.59. The minimum Gasteiger partial charge on any atom is -0.195 e. The summed E-state index contributed by atoms with van der Waals surface area (Å²) >= 11 is 2.97. The van der Waals surface area contributed by atoms with Crippen LogP contribution in [0.1, 0.15) is 6.42 Å². The van der Waals surface area contributed by atoms with Gasteiger partial charge in [-0.1, -0.05) is 15.9 Å². The molecule has 0 atom stereocenters. The number of hydrogen-bond donors (Lipinski definition) is 0. The fourth-order valence-electron chi connectivity index (χ4n) is 0.227. The summed E-state index contributed by atoms with van der Waals surface area (Å²) in [6, 6.07) is 0. The topological polar surface area (TPSA) is 34.1 Å². The number of alkyl halides is 1. The van der Waals surface area contributed by atoms with Crippen molar-refractivity contribution < 1.29 is 12.3 Å². The fraction of sp³-hybridized carbons (Fsp3) is 1.00. The van der Waals surface area contributed by atoms with Crippen molar-refractivity contribution in [3.05, 3.63) is 0 Å². The van der Waals surface area contributed by atoms with Crippen LogP contribution in [-0.4, -0.2) is 19.5 Å². The van der Waals surface area contributed by atoms with Crippen LogP contribution in [0.5, 0.6) is 0 Å². The van der Waals surface area contributed by atoms with Gasteiger partial charge in [0.1, 0.15) is 0 Å². The van der Waals surface area contributed by atoms with Gasteiger partial charge in [-0.3, -0.25) is 0 Å². The van der Waals surface area contributed by atoms with Crippen molar-refractivity contribution in [1.82, 2.24) is 0 Å². The second-order valence-electron chi connectivity index (χ2n) is 1.29. The fourth-order valence-corrected chi connectivity index (χ4v) is 1.37. The van der Waals surface area contributed by atoms with Crippen molar-refractivity contribution in [1.29, 1.82) is 0 Å². The highest BCUT2D eigenvalue weighted by molar-refractivity contribution is 9.09. The van der Waals surface area contributed by atoms with Crippen LogP contribution < -0.4 is 0 Å². The summed E-state index contributed by atoms with van der Waals surface area (Å²) in [4.78, 5) is 0. The summed E-state index contributed by atoms with van der Waals surface area (Å²) in [6.45, 7) is 0. The van der Waals surface area contributed by atoms with Crippen LogP contribution in [0, 0.1) is 0 Å². The lowest BCUT2D eigenvalue weighted by atomic mass is 10.6. The van der Waals surface area contributed by atoms with E-state index >= 15 is 0 Å². The Balaban J connectivity index is 3.42. The monoisotopic (exact) mass is 204 g/mol. The molecule has 5 heteroatoms.